The predicted octanol–water partition coefficient (Wildman–Crippen LogP) is 2.10. The van der Waals surface area contributed by atoms with Crippen LogP contribution in [0.3, 0.4) is 0 Å². The second kappa shape index (κ2) is 8.95. The summed E-state index contributed by atoms with van der Waals surface area (Å²) in [6.07, 6.45) is 4.31. The molecule has 1 heterocycles. The van der Waals surface area contributed by atoms with Crippen LogP contribution in [0.25, 0.3) is 0 Å². The van der Waals surface area contributed by atoms with E-state index in [0.717, 1.165) is 31.8 Å². The number of nitrogen functional groups attached to an aromatic ring is 1. The number of unbranched alkanes of at least 4 members (excludes halogenated alkanes) is 1. The fourth-order valence-electron chi connectivity index (χ4n) is 1.44. The van der Waals surface area contributed by atoms with Gasteiger partial charge in [0.15, 0.2) is 5.16 Å². The molecular formula is C12H23N5OS. The van der Waals surface area contributed by atoms with Gasteiger partial charge in [-0.1, -0.05) is 11.8 Å². The van der Waals surface area contributed by atoms with Gasteiger partial charge in [0.25, 0.3) is 0 Å². The average molecular weight is 285 g/mol. The van der Waals surface area contributed by atoms with Gasteiger partial charge in [-0.25, -0.2) is 15.8 Å². The molecule has 0 aliphatic carbocycles. The van der Waals surface area contributed by atoms with Crippen molar-refractivity contribution in [3.05, 3.63) is 6.07 Å². The van der Waals surface area contributed by atoms with Crippen LogP contribution >= 0.6 is 11.8 Å². The molecular weight excluding hydrogens is 262 g/mol. The van der Waals surface area contributed by atoms with E-state index in [1.54, 1.807) is 6.07 Å². The molecule has 4 N–H and O–H groups in total. The molecule has 6 nitrogen and oxygen atoms in total. The number of rotatable bonds is 9. The molecule has 0 amide bonds. The van der Waals surface area contributed by atoms with Gasteiger partial charge in [0, 0.05) is 19.2 Å². The lowest BCUT2D eigenvalue weighted by molar-refractivity contribution is 0.0765. The van der Waals surface area contributed by atoms with Crippen molar-refractivity contribution in [1.82, 2.24) is 9.97 Å². The van der Waals surface area contributed by atoms with Crippen LogP contribution in [-0.2, 0) is 4.74 Å². The molecule has 7 heteroatoms. The molecule has 0 aliphatic rings. The number of hydrazine groups is 1. The van der Waals surface area contributed by atoms with Crippen molar-refractivity contribution in [2.45, 2.75) is 37.9 Å². The summed E-state index contributed by atoms with van der Waals surface area (Å²) in [6.45, 7) is 5.75. The first-order valence-corrected chi connectivity index (χ1v) is 7.63. The second-order valence-corrected chi connectivity index (χ2v) is 5.10. The standard InChI is InChI=1S/C12H23N5OS/c1-9(2)18-7-5-4-6-14-10-8-11(17-13)16-12(15-10)19-3/h8-9H,4-7,13H2,1-3H3,(H2,14,15,16,17). The van der Waals surface area contributed by atoms with E-state index in [1.165, 1.54) is 11.8 Å². The number of nitrogens with two attached hydrogens (primary N) is 1. The molecule has 19 heavy (non-hydrogen) atoms. The summed E-state index contributed by atoms with van der Waals surface area (Å²) < 4.78 is 5.48. The first-order chi connectivity index (χ1) is 9.15. The highest BCUT2D eigenvalue weighted by molar-refractivity contribution is 7.98. The number of nitrogens with one attached hydrogen (secondary N) is 2. The number of hydrogen-bond donors (Lipinski definition) is 3. The van der Waals surface area contributed by atoms with E-state index in [4.69, 9.17) is 10.6 Å². The van der Waals surface area contributed by atoms with Crippen molar-refractivity contribution in [3.63, 3.8) is 0 Å². The summed E-state index contributed by atoms with van der Waals surface area (Å²) in [5.74, 6) is 6.78. The van der Waals surface area contributed by atoms with E-state index in [9.17, 15) is 0 Å². The fourth-order valence-corrected chi connectivity index (χ4v) is 1.82. The summed E-state index contributed by atoms with van der Waals surface area (Å²) in [5, 5.41) is 3.96. The molecule has 0 unspecified atom stereocenters. The van der Waals surface area contributed by atoms with Gasteiger partial charge in [-0.2, -0.15) is 0 Å². The zero-order chi connectivity index (χ0) is 14.1. The van der Waals surface area contributed by atoms with E-state index in [0.29, 0.717) is 17.1 Å². The molecule has 1 aromatic rings. The lowest BCUT2D eigenvalue weighted by Gasteiger charge is -2.09. The minimum atomic E-state index is 0.303. The molecule has 0 saturated carbocycles. The Morgan fingerprint density at radius 1 is 1.32 bits per heavy atom. The Morgan fingerprint density at radius 3 is 2.68 bits per heavy atom. The lowest BCUT2D eigenvalue weighted by atomic mass is 10.3. The highest BCUT2D eigenvalue weighted by atomic mass is 32.2. The van der Waals surface area contributed by atoms with Crippen LogP contribution in [0.15, 0.2) is 11.2 Å². The van der Waals surface area contributed by atoms with Crippen molar-refractivity contribution >= 4 is 23.4 Å². The molecule has 1 rings (SSSR count). The molecule has 0 radical (unpaired) electrons. The Morgan fingerprint density at radius 2 is 2.05 bits per heavy atom. The fraction of sp³-hybridized carbons (Fsp3) is 0.667. The zero-order valence-electron chi connectivity index (χ0n) is 11.8. The second-order valence-electron chi connectivity index (χ2n) is 4.32. The average Bonchev–Trinajstić information content (AvgIpc) is 2.41. The van der Waals surface area contributed by atoms with Gasteiger partial charge in [0.1, 0.15) is 11.6 Å². The maximum atomic E-state index is 5.48. The Hall–Kier alpha value is -1.05. The largest absolute Gasteiger partial charge is 0.379 e. The van der Waals surface area contributed by atoms with Crippen molar-refractivity contribution in [2.75, 3.05) is 30.1 Å². The number of thioether (sulfide) groups is 1. The first kappa shape index (κ1) is 16.0. The number of ether oxygens (including phenoxy) is 1. The topological polar surface area (TPSA) is 85.1 Å². The summed E-state index contributed by atoms with van der Waals surface area (Å²) in [6, 6.07) is 1.80. The Bertz CT molecular complexity index is 353. The SMILES string of the molecule is CSc1nc(NN)cc(NCCCCOC(C)C)n1. The van der Waals surface area contributed by atoms with Crippen LogP contribution in [-0.4, -0.2) is 35.5 Å². The van der Waals surface area contributed by atoms with E-state index < -0.39 is 0 Å². The van der Waals surface area contributed by atoms with Crippen molar-refractivity contribution < 1.29 is 4.74 Å². The summed E-state index contributed by atoms with van der Waals surface area (Å²) >= 11 is 1.49. The van der Waals surface area contributed by atoms with Gasteiger partial charge < -0.3 is 15.5 Å². The molecule has 1 aromatic heterocycles. The van der Waals surface area contributed by atoms with Gasteiger partial charge >= 0.3 is 0 Å². The third-order valence-corrected chi connectivity index (χ3v) is 2.91. The molecule has 0 fully saturated rings. The highest BCUT2D eigenvalue weighted by Gasteiger charge is 2.02. The van der Waals surface area contributed by atoms with Crippen LogP contribution in [0.2, 0.25) is 0 Å². The Kier molecular flexibility index (Phi) is 7.54. The molecule has 0 atom stereocenters. The van der Waals surface area contributed by atoms with E-state index in [-0.39, 0.29) is 0 Å². The molecule has 0 bridgehead atoms. The van der Waals surface area contributed by atoms with Gasteiger partial charge in [0.05, 0.1) is 6.10 Å². The summed E-state index contributed by atoms with van der Waals surface area (Å²) in [4.78, 5) is 8.56. The molecule has 108 valence electrons. The normalized spacial score (nSPS) is 10.8. The van der Waals surface area contributed by atoms with Gasteiger partial charge in [-0.15, -0.1) is 0 Å². The number of nitrogens with zero attached hydrogens (tertiary/aromatic N) is 2. The summed E-state index contributed by atoms with van der Waals surface area (Å²) in [7, 11) is 0. The number of anilines is 2. The quantitative estimate of drug-likeness (QED) is 0.211. The molecule has 0 saturated heterocycles. The van der Waals surface area contributed by atoms with Gasteiger partial charge in [-0.3, -0.25) is 0 Å². The van der Waals surface area contributed by atoms with E-state index in [1.807, 2.05) is 20.1 Å². The smallest absolute Gasteiger partial charge is 0.191 e. The molecule has 0 aromatic carbocycles. The maximum absolute atomic E-state index is 5.48. The third-order valence-electron chi connectivity index (χ3n) is 2.36. The number of hydrogen-bond acceptors (Lipinski definition) is 7. The zero-order valence-corrected chi connectivity index (χ0v) is 12.6. The lowest BCUT2D eigenvalue weighted by Crippen LogP contribution is -2.12. The van der Waals surface area contributed by atoms with Crippen molar-refractivity contribution in [2.24, 2.45) is 5.84 Å². The van der Waals surface area contributed by atoms with Crippen LogP contribution < -0.4 is 16.6 Å². The number of aromatic nitrogens is 2. The first-order valence-electron chi connectivity index (χ1n) is 6.41. The molecule has 0 aliphatic heterocycles. The van der Waals surface area contributed by atoms with Crippen LogP contribution in [0.1, 0.15) is 26.7 Å². The minimum Gasteiger partial charge on any atom is -0.379 e. The predicted molar refractivity (Wildman–Crippen MR) is 80.4 cm³/mol. The maximum Gasteiger partial charge on any atom is 0.191 e. The van der Waals surface area contributed by atoms with Gasteiger partial charge in [0.2, 0.25) is 0 Å². The molecule has 0 spiro atoms. The van der Waals surface area contributed by atoms with Crippen molar-refractivity contribution in [3.8, 4) is 0 Å². The highest BCUT2D eigenvalue weighted by Crippen LogP contribution is 2.16. The van der Waals surface area contributed by atoms with E-state index >= 15 is 0 Å². The summed E-state index contributed by atoms with van der Waals surface area (Å²) in [5.41, 5.74) is 2.54. The van der Waals surface area contributed by atoms with Crippen molar-refractivity contribution in [1.29, 1.82) is 0 Å². The van der Waals surface area contributed by atoms with Gasteiger partial charge in [-0.05, 0) is 32.9 Å². The Balaban J connectivity index is 2.32. The Labute approximate surface area is 118 Å². The van der Waals surface area contributed by atoms with Crippen LogP contribution in [0.4, 0.5) is 11.6 Å². The van der Waals surface area contributed by atoms with E-state index in [2.05, 4.69) is 20.7 Å². The van der Waals surface area contributed by atoms with Crippen LogP contribution in [0, 0.1) is 0 Å². The van der Waals surface area contributed by atoms with Crippen LogP contribution in [0.5, 0.6) is 0 Å². The minimum absolute atomic E-state index is 0.303. The monoisotopic (exact) mass is 285 g/mol. The third kappa shape index (κ3) is 6.60.